The monoisotopic (exact) mass is 459 g/mol. The van der Waals surface area contributed by atoms with E-state index in [1.165, 1.54) is 36.3 Å². The van der Waals surface area contributed by atoms with Gasteiger partial charge in [-0.1, -0.05) is 18.0 Å². The fourth-order valence-electron chi connectivity index (χ4n) is 3.03. The van der Waals surface area contributed by atoms with Gasteiger partial charge in [-0.05, 0) is 25.0 Å². The Hall–Kier alpha value is -1.91. The van der Waals surface area contributed by atoms with Crippen LogP contribution < -0.4 is 10.3 Å². The first kappa shape index (κ1) is 21.8. The molecule has 0 aliphatic carbocycles. The van der Waals surface area contributed by atoms with Gasteiger partial charge in [0.1, 0.15) is 17.0 Å². The topological polar surface area (TPSA) is 111 Å². The quantitative estimate of drug-likeness (QED) is 0.667. The minimum Gasteiger partial charge on any atom is -0.478 e. The minimum atomic E-state index is -2.54. The van der Waals surface area contributed by atoms with Gasteiger partial charge in [-0.25, -0.2) is 4.21 Å². The summed E-state index contributed by atoms with van der Waals surface area (Å²) in [5.74, 6) is 0.429. The lowest BCUT2D eigenvalue weighted by Gasteiger charge is -2.17. The molecule has 1 atom stereocenters. The average Bonchev–Trinajstić information content (AvgIpc) is 3.01. The van der Waals surface area contributed by atoms with Crippen LogP contribution in [-0.4, -0.2) is 47.7 Å². The second kappa shape index (κ2) is 8.85. The Kier molecular flexibility index (Phi) is 6.65. The summed E-state index contributed by atoms with van der Waals surface area (Å²) in [6.07, 6.45) is 5.39. The van der Waals surface area contributed by atoms with E-state index in [9.17, 15) is 18.0 Å². The van der Waals surface area contributed by atoms with E-state index in [-0.39, 0.29) is 33.5 Å². The first-order valence-electron chi connectivity index (χ1n) is 8.99. The summed E-state index contributed by atoms with van der Waals surface area (Å²) in [5, 5.41) is 2.61. The summed E-state index contributed by atoms with van der Waals surface area (Å²) in [5.41, 5.74) is -0.386. The van der Waals surface area contributed by atoms with Crippen LogP contribution in [0.2, 0.25) is 5.02 Å². The number of hydrogen-bond donors (Lipinski definition) is 1. The minimum absolute atomic E-state index is 0.0362. The van der Waals surface area contributed by atoms with E-state index >= 15 is 0 Å². The predicted molar refractivity (Wildman–Crippen MR) is 114 cm³/mol. The summed E-state index contributed by atoms with van der Waals surface area (Å²) in [6, 6.07) is 2.91. The molecule has 1 fully saturated rings. The molecule has 1 aromatic carbocycles. The average molecular weight is 460 g/mol. The van der Waals surface area contributed by atoms with E-state index in [1.807, 2.05) is 0 Å². The number of benzene rings is 1. The standard InChI is InChI=1S/C18H22ClN3O5S2/c1-22-18(24)13(10-20-22)17(23)12-6-7-14(27-11-28(2)25)16(15(12)19)21-29(26)8-4-3-5-9-29/h6-7,10,20H,3-5,8-9,11H2,1-2H3. The number of carbonyl (C=O) groups is 1. The number of rotatable bonds is 6. The molecule has 0 amide bonds. The Morgan fingerprint density at radius 1 is 1.31 bits per heavy atom. The number of ether oxygens (including phenoxy) is 1. The van der Waals surface area contributed by atoms with Crippen LogP contribution in [0.5, 0.6) is 5.75 Å². The number of H-pyrrole nitrogens is 1. The fourth-order valence-corrected chi connectivity index (χ4v) is 5.87. The molecule has 3 rings (SSSR count). The van der Waals surface area contributed by atoms with E-state index < -0.39 is 31.9 Å². The maximum absolute atomic E-state index is 13.1. The van der Waals surface area contributed by atoms with Crippen LogP contribution in [0.15, 0.2) is 27.5 Å². The molecule has 2 heterocycles. The molecule has 0 saturated carbocycles. The smallest absolute Gasteiger partial charge is 0.277 e. The van der Waals surface area contributed by atoms with Gasteiger partial charge in [0.05, 0.1) is 25.6 Å². The third-order valence-corrected chi connectivity index (χ3v) is 7.77. The predicted octanol–water partition coefficient (Wildman–Crippen LogP) is 2.60. The number of aryl methyl sites for hydroxylation is 1. The van der Waals surface area contributed by atoms with Crippen LogP contribution in [0.4, 0.5) is 5.69 Å². The molecule has 0 radical (unpaired) electrons. The highest BCUT2D eigenvalue weighted by Crippen LogP contribution is 2.40. The zero-order valence-electron chi connectivity index (χ0n) is 16.1. The lowest BCUT2D eigenvalue weighted by atomic mass is 10.1. The molecule has 1 N–H and O–H groups in total. The molecule has 1 aromatic heterocycles. The molecule has 1 aliphatic rings. The van der Waals surface area contributed by atoms with E-state index in [0.717, 1.165) is 19.3 Å². The highest BCUT2D eigenvalue weighted by atomic mass is 35.5. The number of nitrogens with zero attached hydrogens (tertiary/aromatic N) is 2. The molecule has 158 valence electrons. The van der Waals surface area contributed by atoms with Gasteiger partial charge in [0, 0.05) is 36.6 Å². The number of nitrogens with one attached hydrogen (secondary N) is 1. The molecule has 1 unspecified atom stereocenters. The maximum Gasteiger partial charge on any atom is 0.277 e. The highest BCUT2D eigenvalue weighted by Gasteiger charge is 2.24. The lowest BCUT2D eigenvalue weighted by molar-refractivity contribution is 0.103. The summed E-state index contributed by atoms with van der Waals surface area (Å²) >= 11 is 6.50. The molecule has 8 nitrogen and oxygen atoms in total. The number of ketones is 1. The molecule has 0 bridgehead atoms. The summed E-state index contributed by atoms with van der Waals surface area (Å²) < 4.78 is 35.7. The van der Waals surface area contributed by atoms with Gasteiger partial charge in [-0.15, -0.1) is 0 Å². The van der Waals surface area contributed by atoms with Crippen LogP contribution in [0.25, 0.3) is 0 Å². The largest absolute Gasteiger partial charge is 0.478 e. The first-order chi connectivity index (χ1) is 13.7. The van der Waals surface area contributed by atoms with Crippen molar-refractivity contribution in [2.75, 3.05) is 23.7 Å². The summed E-state index contributed by atoms with van der Waals surface area (Å²) in [4.78, 5) is 25.0. The number of aromatic nitrogens is 2. The van der Waals surface area contributed by atoms with Gasteiger partial charge < -0.3 is 9.84 Å². The van der Waals surface area contributed by atoms with Crippen molar-refractivity contribution in [3.63, 3.8) is 0 Å². The molecule has 29 heavy (non-hydrogen) atoms. The SMILES string of the molecule is Cn1[nH]cc(C(=O)c2ccc(OCS(C)=O)c(N=S3(=O)CCCCC3)c2Cl)c1=O. The zero-order valence-corrected chi connectivity index (χ0v) is 18.5. The van der Waals surface area contributed by atoms with Crippen LogP contribution in [0.1, 0.15) is 35.2 Å². The van der Waals surface area contributed by atoms with Crippen LogP contribution in [0.3, 0.4) is 0 Å². The van der Waals surface area contributed by atoms with Gasteiger partial charge in [0.15, 0.2) is 5.94 Å². The number of aromatic amines is 1. The van der Waals surface area contributed by atoms with Crippen molar-refractivity contribution >= 4 is 43.6 Å². The van der Waals surface area contributed by atoms with Crippen molar-refractivity contribution in [1.82, 2.24) is 9.78 Å². The van der Waals surface area contributed by atoms with Gasteiger partial charge >= 0.3 is 0 Å². The maximum atomic E-state index is 13.1. The number of halogens is 1. The van der Waals surface area contributed by atoms with Crippen molar-refractivity contribution in [2.24, 2.45) is 11.4 Å². The molecule has 2 aromatic rings. The van der Waals surface area contributed by atoms with Gasteiger partial charge in [-0.3, -0.25) is 18.5 Å². The molecular weight excluding hydrogens is 438 g/mol. The Labute approximate surface area is 176 Å². The lowest BCUT2D eigenvalue weighted by Crippen LogP contribution is -2.19. The van der Waals surface area contributed by atoms with Gasteiger partial charge in [0.2, 0.25) is 5.78 Å². The molecular formula is C18H22ClN3O5S2. The molecule has 11 heteroatoms. The highest BCUT2D eigenvalue weighted by molar-refractivity contribution is 7.93. The third kappa shape index (κ3) is 4.81. The Bertz CT molecular complexity index is 1130. The van der Waals surface area contributed by atoms with E-state index in [4.69, 9.17) is 16.3 Å². The van der Waals surface area contributed by atoms with Crippen molar-refractivity contribution in [2.45, 2.75) is 19.3 Å². The molecule has 1 aliphatic heterocycles. The van der Waals surface area contributed by atoms with Gasteiger partial charge in [0.25, 0.3) is 5.56 Å². The Morgan fingerprint density at radius 2 is 2.00 bits per heavy atom. The second-order valence-corrected chi connectivity index (χ2v) is 11.1. The zero-order chi connectivity index (χ0) is 21.2. The normalized spacial score (nSPS) is 16.9. The van der Waals surface area contributed by atoms with Crippen molar-refractivity contribution < 1.29 is 17.9 Å². The molecule has 1 saturated heterocycles. The van der Waals surface area contributed by atoms with Gasteiger partial charge in [-0.2, -0.15) is 4.36 Å². The van der Waals surface area contributed by atoms with Crippen LogP contribution >= 0.6 is 11.6 Å². The van der Waals surface area contributed by atoms with Crippen molar-refractivity contribution in [3.8, 4) is 5.75 Å². The second-order valence-electron chi connectivity index (χ2n) is 6.82. The van der Waals surface area contributed by atoms with E-state index in [1.54, 1.807) is 0 Å². The number of hydrogen-bond acceptors (Lipinski definition) is 6. The van der Waals surface area contributed by atoms with E-state index in [2.05, 4.69) is 9.46 Å². The first-order valence-corrected chi connectivity index (χ1v) is 12.9. The molecule has 0 spiro atoms. The Morgan fingerprint density at radius 3 is 2.59 bits per heavy atom. The van der Waals surface area contributed by atoms with E-state index in [0.29, 0.717) is 11.5 Å². The number of carbonyl (C=O) groups excluding carboxylic acids is 1. The van der Waals surface area contributed by atoms with Crippen LogP contribution in [0, 0.1) is 0 Å². The van der Waals surface area contributed by atoms with Crippen molar-refractivity contribution in [1.29, 1.82) is 0 Å². The van der Waals surface area contributed by atoms with Crippen molar-refractivity contribution in [3.05, 3.63) is 44.8 Å². The van der Waals surface area contributed by atoms with Crippen LogP contribution in [-0.2, 0) is 27.6 Å². The summed E-state index contributed by atoms with van der Waals surface area (Å²) in [6.45, 7) is 0. The fraction of sp³-hybridized carbons (Fsp3) is 0.444. The Balaban J connectivity index is 2.13. The summed E-state index contributed by atoms with van der Waals surface area (Å²) in [7, 11) is -2.28. The third-order valence-electron chi connectivity index (χ3n) is 4.57.